The second kappa shape index (κ2) is 15.6. The molecule has 1 aliphatic rings. The van der Waals surface area contributed by atoms with Gasteiger partial charge in [0.1, 0.15) is 18.1 Å². The largest absolute Gasteiger partial charge is 0.497 e. The fraction of sp³-hybridized carbons (Fsp3) is 0.278. The van der Waals surface area contributed by atoms with Gasteiger partial charge in [-0.3, -0.25) is 4.90 Å². The Bertz CT molecular complexity index is 1570. The average molecular weight is 631 g/mol. The predicted octanol–water partition coefficient (Wildman–Crippen LogP) is 6.68. The highest BCUT2D eigenvalue weighted by Crippen LogP contribution is 2.42. The van der Waals surface area contributed by atoms with Crippen molar-refractivity contribution in [1.82, 2.24) is 5.32 Å². The number of nitrogens with one attached hydrogen (secondary N) is 1. The predicted molar refractivity (Wildman–Crippen MR) is 176 cm³/mol. The minimum atomic E-state index is -0.834. The van der Waals surface area contributed by atoms with Gasteiger partial charge in [0.25, 0.3) is 0 Å². The highest BCUT2D eigenvalue weighted by molar-refractivity contribution is 6.02. The summed E-state index contributed by atoms with van der Waals surface area (Å²) >= 11 is 0. The maximum absolute atomic E-state index is 13.3. The van der Waals surface area contributed by atoms with Crippen molar-refractivity contribution in [1.29, 1.82) is 0 Å². The lowest BCUT2D eigenvalue weighted by molar-refractivity contribution is 0.0635. The van der Waals surface area contributed by atoms with Crippen molar-refractivity contribution in [2.75, 3.05) is 19.1 Å². The number of carbonyl (C=O) groups is 2. The van der Waals surface area contributed by atoms with Gasteiger partial charge < -0.3 is 24.6 Å². The first kappa shape index (κ1) is 33.5. The minimum absolute atomic E-state index is 0. The third-order valence-electron chi connectivity index (χ3n) is 7.92. The van der Waals surface area contributed by atoms with Crippen LogP contribution in [-0.2, 0) is 24.2 Å². The van der Waals surface area contributed by atoms with Crippen LogP contribution < -0.4 is 19.7 Å². The minimum Gasteiger partial charge on any atom is -0.497 e. The van der Waals surface area contributed by atoms with Gasteiger partial charge in [0.15, 0.2) is 0 Å². The van der Waals surface area contributed by atoms with Crippen molar-refractivity contribution in [3.8, 4) is 11.5 Å². The molecule has 1 unspecified atom stereocenters. The normalized spacial score (nSPS) is 16.0. The summed E-state index contributed by atoms with van der Waals surface area (Å²) in [6.45, 7) is 2.39. The van der Waals surface area contributed by atoms with Crippen LogP contribution in [0.3, 0.4) is 0 Å². The molecule has 0 heterocycles. The molecule has 5 rings (SSSR count). The fourth-order valence-corrected chi connectivity index (χ4v) is 5.65. The maximum Gasteiger partial charge on any atom is 0.422 e. The molecule has 236 valence electrons. The van der Waals surface area contributed by atoms with Gasteiger partial charge in [-0.25, -0.2) is 9.59 Å². The van der Waals surface area contributed by atoms with E-state index in [4.69, 9.17) is 14.2 Å². The van der Waals surface area contributed by atoms with Gasteiger partial charge >= 0.3 is 12.1 Å². The van der Waals surface area contributed by atoms with Crippen LogP contribution in [0, 0.1) is 0 Å². The van der Waals surface area contributed by atoms with Crippen LogP contribution in [0.15, 0.2) is 97.1 Å². The quantitative estimate of drug-likeness (QED) is 0.149. The molecule has 0 saturated carbocycles. The highest BCUT2D eigenvalue weighted by Gasteiger charge is 2.34. The van der Waals surface area contributed by atoms with Crippen molar-refractivity contribution in [3.05, 3.63) is 125 Å². The van der Waals surface area contributed by atoms with E-state index in [0.29, 0.717) is 29.8 Å². The zero-order valence-corrected chi connectivity index (χ0v) is 26.5. The lowest BCUT2D eigenvalue weighted by Gasteiger charge is -2.35. The van der Waals surface area contributed by atoms with E-state index in [1.54, 1.807) is 50.6 Å². The number of ether oxygens (including phenoxy) is 3. The monoisotopic (exact) mass is 630 g/mol. The van der Waals surface area contributed by atoms with Crippen LogP contribution in [0.4, 0.5) is 10.5 Å². The Morgan fingerprint density at radius 2 is 1.60 bits per heavy atom. The Labute approximate surface area is 270 Å². The van der Waals surface area contributed by atoms with E-state index in [2.05, 4.69) is 12.2 Å². The first-order valence-electron chi connectivity index (χ1n) is 14.8. The summed E-state index contributed by atoms with van der Waals surface area (Å²) in [7, 11) is 3.20. The number of hydrogen-bond acceptors (Lipinski definition) is 7. The number of carbonyl (C=O) groups excluding carboxylic acids is 2. The summed E-state index contributed by atoms with van der Waals surface area (Å²) in [5.41, 5.74) is 4.39. The van der Waals surface area contributed by atoms with Crippen LogP contribution >= 0.6 is 12.4 Å². The van der Waals surface area contributed by atoms with Crippen molar-refractivity contribution in [3.63, 3.8) is 0 Å². The zero-order valence-electron chi connectivity index (χ0n) is 25.6. The smallest absolute Gasteiger partial charge is 0.422 e. The Kier molecular flexibility index (Phi) is 11.6. The number of nitrogens with zero attached hydrogens (tertiary/aromatic N) is 1. The summed E-state index contributed by atoms with van der Waals surface area (Å²) in [5, 5.41) is 15.1. The standard InChI is InChI=1S/C36H38N2O6.ClH/c1-24(22-25-14-16-28(42-3)17-15-25)37-31-20-18-29-30(34(31)39)19-21-32(43-23-26-10-6-4-7-11-26)33(29)38(2)36(41)44-35(40)27-12-8-5-9-13-27;/h4-17,19,21,24,31,34,37,39H,18,20,22-23H2,1-3H3;1H/t24?,31-,34-;/m1./s1. The van der Waals surface area contributed by atoms with Gasteiger partial charge in [0, 0.05) is 19.1 Å². The van der Waals surface area contributed by atoms with E-state index in [1.807, 2.05) is 60.7 Å². The number of amides is 1. The molecule has 0 spiro atoms. The molecular formula is C36H39ClN2O6. The number of benzene rings is 4. The van der Waals surface area contributed by atoms with E-state index in [0.717, 1.165) is 23.3 Å². The topological polar surface area (TPSA) is 97.3 Å². The summed E-state index contributed by atoms with van der Waals surface area (Å²) in [6.07, 6.45) is 0.375. The van der Waals surface area contributed by atoms with E-state index in [9.17, 15) is 14.7 Å². The second-order valence-corrected chi connectivity index (χ2v) is 11.0. The summed E-state index contributed by atoms with van der Waals surface area (Å²) in [4.78, 5) is 27.3. The summed E-state index contributed by atoms with van der Waals surface area (Å²) < 4.78 is 16.7. The number of halogens is 1. The third-order valence-corrected chi connectivity index (χ3v) is 7.92. The number of esters is 1. The number of anilines is 1. The molecule has 3 atom stereocenters. The Morgan fingerprint density at radius 1 is 0.933 bits per heavy atom. The molecule has 0 fully saturated rings. The number of hydrogen-bond donors (Lipinski definition) is 2. The number of aliphatic hydroxyl groups excluding tert-OH is 1. The van der Waals surface area contributed by atoms with Crippen LogP contribution in [0.1, 0.15) is 52.1 Å². The fourth-order valence-electron chi connectivity index (χ4n) is 5.65. The zero-order chi connectivity index (χ0) is 31.1. The lowest BCUT2D eigenvalue weighted by Crippen LogP contribution is -2.44. The molecule has 1 amide bonds. The number of aliphatic hydroxyl groups is 1. The molecule has 0 bridgehead atoms. The number of rotatable bonds is 10. The Morgan fingerprint density at radius 3 is 2.27 bits per heavy atom. The molecule has 1 aliphatic carbocycles. The van der Waals surface area contributed by atoms with Crippen LogP contribution in [0.5, 0.6) is 11.5 Å². The average Bonchev–Trinajstić information content (AvgIpc) is 3.05. The van der Waals surface area contributed by atoms with Crippen molar-refractivity contribution in [2.45, 2.75) is 51.0 Å². The summed E-state index contributed by atoms with van der Waals surface area (Å²) in [5.74, 6) is 0.537. The molecule has 0 aliphatic heterocycles. The number of methoxy groups -OCH3 is 1. The van der Waals surface area contributed by atoms with Gasteiger partial charge in [0.05, 0.1) is 24.5 Å². The van der Waals surface area contributed by atoms with Gasteiger partial charge in [-0.05, 0) is 78.8 Å². The van der Waals surface area contributed by atoms with E-state index < -0.39 is 18.2 Å². The molecule has 0 radical (unpaired) electrons. The van der Waals surface area contributed by atoms with Gasteiger partial charge in [0.2, 0.25) is 0 Å². The second-order valence-electron chi connectivity index (χ2n) is 11.0. The highest BCUT2D eigenvalue weighted by atomic mass is 35.5. The molecule has 2 N–H and O–H groups in total. The molecule has 4 aromatic carbocycles. The Hall–Kier alpha value is -4.37. The van der Waals surface area contributed by atoms with Crippen LogP contribution in [-0.4, -0.2) is 43.4 Å². The molecule has 9 heteroatoms. The maximum atomic E-state index is 13.3. The lowest BCUT2D eigenvalue weighted by atomic mass is 9.84. The van der Waals surface area contributed by atoms with Crippen molar-refractivity contribution >= 4 is 30.2 Å². The summed E-state index contributed by atoms with van der Waals surface area (Å²) in [6, 6.07) is 29.6. The SMILES string of the molecule is COc1ccc(CC(C)N[C@@H]2CCc3c(ccc(OCc4ccccc4)c3N(C)C(=O)OC(=O)c3ccccc3)[C@H]2O)cc1.Cl. The molecule has 45 heavy (non-hydrogen) atoms. The van der Waals surface area contributed by atoms with Gasteiger partial charge in [-0.1, -0.05) is 66.7 Å². The Balaban J connectivity index is 0.00000461. The van der Waals surface area contributed by atoms with Gasteiger partial charge in [-0.2, -0.15) is 0 Å². The van der Waals surface area contributed by atoms with E-state index in [1.165, 1.54) is 10.5 Å². The third kappa shape index (κ3) is 8.22. The van der Waals surface area contributed by atoms with Crippen LogP contribution in [0.25, 0.3) is 0 Å². The molecule has 8 nitrogen and oxygen atoms in total. The van der Waals surface area contributed by atoms with Gasteiger partial charge in [-0.15, -0.1) is 12.4 Å². The van der Waals surface area contributed by atoms with Crippen molar-refractivity contribution < 1.29 is 28.9 Å². The molecule has 0 saturated heterocycles. The van der Waals surface area contributed by atoms with E-state index >= 15 is 0 Å². The van der Waals surface area contributed by atoms with Crippen molar-refractivity contribution in [2.24, 2.45) is 0 Å². The van der Waals surface area contributed by atoms with Crippen LogP contribution in [0.2, 0.25) is 0 Å². The number of fused-ring (bicyclic) bond motifs is 1. The van der Waals surface area contributed by atoms with E-state index in [-0.39, 0.29) is 36.7 Å². The molecule has 4 aromatic rings. The molecule has 0 aromatic heterocycles. The first-order chi connectivity index (χ1) is 21.3. The molecular weight excluding hydrogens is 592 g/mol. The first-order valence-corrected chi connectivity index (χ1v) is 14.8.